The predicted molar refractivity (Wildman–Crippen MR) is 59.8 cm³/mol. The van der Waals surface area contributed by atoms with Crippen molar-refractivity contribution in [3.63, 3.8) is 0 Å². The molecule has 2 nitrogen and oxygen atoms in total. The Labute approximate surface area is 90.2 Å². The molecule has 1 aromatic rings. The van der Waals surface area contributed by atoms with Crippen LogP contribution in [0.3, 0.4) is 0 Å². The molecule has 0 fully saturated rings. The highest BCUT2D eigenvalue weighted by Crippen LogP contribution is 2.28. The molecule has 0 aliphatic heterocycles. The Kier molecular flexibility index (Phi) is 4.09. The van der Waals surface area contributed by atoms with Gasteiger partial charge in [0.25, 0.3) is 0 Å². The van der Waals surface area contributed by atoms with E-state index < -0.39 is 0 Å². The molecule has 1 atom stereocenters. The molecule has 0 aliphatic carbocycles. The maximum Gasteiger partial charge on any atom is 0.127 e. The molecule has 1 rings (SSSR count). The second-order valence-corrected chi connectivity index (χ2v) is 3.82. The second-order valence-electron chi connectivity index (χ2n) is 3.82. The van der Waals surface area contributed by atoms with Crippen LogP contribution in [0, 0.1) is 12.7 Å². The number of hydrogen-bond acceptors (Lipinski definition) is 2. The first-order chi connectivity index (χ1) is 7.10. The molecule has 0 spiro atoms. The molecule has 2 N–H and O–H groups in total. The molecule has 0 aliphatic rings. The molecule has 15 heavy (non-hydrogen) atoms. The van der Waals surface area contributed by atoms with E-state index in [9.17, 15) is 4.39 Å². The molecule has 0 saturated carbocycles. The Morgan fingerprint density at radius 3 is 2.67 bits per heavy atom. The van der Waals surface area contributed by atoms with Gasteiger partial charge in [-0.15, -0.1) is 0 Å². The minimum Gasteiger partial charge on any atom is -0.496 e. The number of rotatable bonds is 4. The van der Waals surface area contributed by atoms with Crippen molar-refractivity contribution in [2.75, 3.05) is 13.7 Å². The maximum atomic E-state index is 13.6. The molecule has 3 heteroatoms. The van der Waals surface area contributed by atoms with Crippen molar-refractivity contribution in [1.29, 1.82) is 0 Å². The molecule has 0 bridgehead atoms. The van der Waals surface area contributed by atoms with Crippen molar-refractivity contribution in [3.8, 4) is 5.75 Å². The van der Waals surface area contributed by atoms with Crippen LogP contribution >= 0.6 is 0 Å². The largest absolute Gasteiger partial charge is 0.496 e. The molecule has 0 saturated heterocycles. The summed E-state index contributed by atoms with van der Waals surface area (Å²) >= 11 is 0. The Morgan fingerprint density at radius 1 is 1.47 bits per heavy atom. The summed E-state index contributed by atoms with van der Waals surface area (Å²) < 4.78 is 18.8. The number of hydrogen-bond donors (Lipinski definition) is 1. The van der Waals surface area contributed by atoms with E-state index >= 15 is 0 Å². The lowest BCUT2D eigenvalue weighted by Gasteiger charge is -2.14. The normalized spacial score (nSPS) is 12.6. The maximum absolute atomic E-state index is 13.6. The fourth-order valence-electron chi connectivity index (χ4n) is 1.67. The highest BCUT2D eigenvalue weighted by Gasteiger charge is 2.13. The summed E-state index contributed by atoms with van der Waals surface area (Å²) in [6.45, 7) is 4.37. The van der Waals surface area contributed by atoms with Gasteiger partial charge in [-0.05, 0) is 49.1 Å². The minimum absolute atomic E-state index is 0.129. The van der Waals surface area contributed by atoms with Gasteiger partial charge in [-0.3, -0.25) is 0 Å². The van der Waals surface area contributed by atoms with E-state index in [-0.39, 0.29) is 11.7 Å². The molecular formula is C12H18FNO. The molecule has 0 aromatic heterocycles. The zero-order valence-electron chi connectivity index (χ0n) is 9.51. The molecule has 1 aromatic carbocycles. The van der Waals surface area contributed by atoms with Crippen molar-refractivity contribution in [3.05, 3.63) is 29.1 Å². The van der Waals surface area contributed by atoms with Crippen LogP contribution in [-0.2, 0) is 0 Å². The summed E-state index contributed by atoms with van der Waals surface area (Å²) in [5.74, 6) is 0.689. The Hall–Kier alpha value is -1.09. The summed E-state index contributed by atoms with van der Waals surface area (Å²) in [4.78, 5) is 0. The van der Waals surface area contributed by atoms with Crippen LogP contribution < -0.4 is 10.5 Å². The smallest absolute Gasteiger partial charge is 0.127 e. The van der Waals surface area contributed by atoms with Gasteiger partial charge in [0, 0.05) is 0 Å². The monoisotopic (exact) mass is 211 g/mol. The zero-order chi connectivity index (χ0) is 11.4. The summed E-state index contributed by atoms with van der Waals surface area (Å²) in [7, 11) is 1.59. The summed E-state index contributed by atoms with van der Waals surface area (Å²) in [5, 5.41) is 0. The van der Waals surface area contributed by atoms with Crippen LogP contribution in [0.25, 0.3) is 0 Å². The van der Waals surface area contributed by atoms with Crippen LogP contribution in [0.2, 0.25) is 0 Å². The lowest BCUT2D eigenvalue weighted by molar-refractivity contribution is 0.408. The van der Waals surface area contributed by atoms with Gasteiger partial charge < -0.3 is 10.5 Å². The Morgan fingerprint density at radius 2 is 2.13 bits per heavy atom. The SMILES string of the molecule is COc1cc(C(C)CCN)c(F)cc1C. The molecule has 84 valence electrons. The van der Waals surface area contributed by atoms with Gasteiger partial charge >= 0.3 is 0 Å². The van der Waals surface area contributed by atoms with Gasteiger partial charge in [-0.25, -0.2) is 4.39 Å². The van der Waals surface area contributed by atoms with E-state index in [4.69, 9.17) is 10.5 Å². The fraction of sp³-hybridized carbons (Fsp3) is 0.500. The molecule has 0 heterocycles. The minimum atomic E-state index is -0.172. The van der Waals surface area contributed by atoms with Crippen LogP contribution in [0.1, 0.15) is 30.4 Å². The Balaban J connectivity index is 3.06. The topological polar surface area (TPSA) is 35.2 Å². The van der Waals surface area contributed by atoms with Gasteiger partial charge in [0.2, 0.25) is 0 Å². The highest BCUT2D eigenvalue weighted by atomic mass is 19.1. The number of aryl methyl sites for hydroxylation is 1. The number of ether oxygens (including phenoxy) is 1. The van der Waals surface area contributed by atoms with Crippen LogP contribution in [-0.4, -0.2) is 13.7 Å². The zero-order valence-corrected chi connectivity index (χ0v) is 9.51. The van der Waals surface area contributed by atoms with E-state index in [0.717, 1.165) is 17.7 Å². The van der Waals surface area contributed by atoms with E-state index in [1.165, 1.54) is 6.07 Å². The molecule has 1 unspecified atom stereocenters. The van der Waals surface area contributed by atoms with Crippen molar-refractivity contribution >= 4 is 0 Å². The molecule has 0 amide bonds. The average molecular weight is 211 g/mol. The third-order valence-electron chi connectivity index (χ3n) is 2.64. The number of benzene rings is 1. The van der Waals surface area contributed by atoms with Crippen molar-refractivity contribution < 1.29 is 9.13 Å². The summed E-state index contributed by atoms with van der Waals surface area (Å²) in [6, 6.07) is 3.28. The summed E-state index contributed by atoms with van der Waals surface area (Å²) in [5.41, 5.74) is 6.97. The van der Waals surface area contributed by atoms with Gasteiger partial charge in [-0.1, -0.05) is 6.92 Å². The van der Waals surface area contributed by atoms with E-state index in [2.05, 4.69) is 0 Å². The first-order valence-corrected chi connectivity index (χ1v) is 5.14. The fourth-order valence-corrected chi connectivity index (χ4v) is 1.67. The number of nitrogens with two attached hydrogens (primary N) is 1. The van der Waals surface area contributed by atoms with E-state index in [1.807, 2.05) is 13.8 Å². The third-order valence-corrected chi connectivity index (χ3v) is 2.64. The average Bonchev–Trinajstić information content (AvgIpc) is 2.18. The van der Waals surface area contributed by atoms with Crippen LogP contribution in [0.4, 0.5) is 4.39 Å². The van der Waals surface area contributed by atoms with Crippen molar-refractivity contribution in [2.24, 2.45) is 5.73 Å². The van der Waals surface area contributed by atoms with Gasteiger partial charge in [-0.2, -0.15) is 0 Å². The quantitative estimate of drug-likeness (QED) is 0.830. The summed E-state index contributed by atoms with van der Waals surface area (Å²) in [6.07, 6.45) is 0.781. The van der Waals surface area contributed by atoms with E-state index in [1.54, 1.807) is 13.2 Å². The van der Waals surface area contributed by atoms with Gasteiger partial charge in [0.15, 0.2) is 0 Å². The van der Waals surface area contributed by atoms with Crippen LogP contribution in [0.5, 0.6) is 5.75 Å². The third kappa shape index (κ3) is 2.69. The second kappa shape index (κ2) is 5.12. The number of methoxy groups -OCH3 is 1. The first kappa shape index (κ1) is 12.0. The van der Waals surface area contributed by atoms with Crippen molar-refractivity contribution in [2.45, 2.75) is 26.2 Å². The predicted octanol–water partition coefficient (Wildman–Crippen LogP) is 2.60. The van der Waals surface area contributed by atoms with E-state index in [0.29, 0.717) is 12.1 Å². The highest BCUT2D eigenvalue weighted by molar-refractivity contribution is 5.38. The first-order valence-electron chi connectivity index (χ1n) is 5.14. The Bertz CT molecular complexity index is 339. The lowest BCUT2D eigenvalue weighted by Crippen LogP contribution is -2.06. The van der Waals surface area contributed by atoms with Crippen LogP contribution in [0.15, 0.2) is 12.1 Å². The van der Waals surface area contributed by atoms with Crippen molar-refractivity contribution in [1.82, 2.24) is 0 Å². The lowest BCUT2D eigenvalue weighted by atomic mass is 9.96. The van der Waals surface area contributed by atoms with Gasteiger partial charge in [0.1, 0.15) is 11.6 Å². The molecular weight excluding hydrogens is 193 g/mol. The molecule has 0 radical (unpaired) electrons. The standard InChI is InChI=1S/C12H18FNO/c1-8(4-5-14)10-7-12(15-3)9(2)6-11(10)13/h6-8H,4-5,14H2,1-3H3. The van der Waals surface area contributed by atoms with Gasteiger partial charge in [0.05, 0.1) is 7.11 Å². The number of halogens is 1.